The van der Waals surface area contributed by atoms with Crippen LogP contribution in [-0.4, -0.2) is 49.7 Å². The van der Waals surface area contributed by atoms with Crippen molar-refractivity contribution in [3.8, 4) is 5.75 Å². The van der Waals surface area contributed by atoms with Crippen LogP contribution in [0.5, 0.6) is 5.75 Å². The summed E-state index contributed by atoms with van der Waals surface area (Å²) >= 11 is 0. The van der Waals surface area contributed by atoms with E-state index in [1.165, 1.54) is 43.2 Å². The summed E-state index contributed by atoms with van der Waals surface area (Å²) in [4.78, 5) is 24.4. The van der Waals surface area contributed by atoms with E-state index in [1.54, 1.807) is 0 Å². The molecule has 4 heterocycles. The summed E-state index contributed by atoms with van der Waals surface area (Å²) < 4.78 is 5.44. The molecule has 35 heavy (non-hydrogen) atoms. The number of carbonyl (C=O) groups is 1. The van der Waals surface area contributed by atoms with Crippen LogP contribution in [0.25, 0.3) is 10.9 Å². The number of hydrogen-bond donors (Lipinski definition) is 1. The van der Waals surface area contributed by atoms with E-state index in [1.807, 2.05) is 36.7 Å². The summed E-state index contributed by atoms with van der Waals surface area (Å²) in [6, 6.07) is 12.8. The first-order valence-corrected chi connectivity index (χ1v) is 12.8. The van der Waals surface area contributed by atoms with E-state index in [-0.39, 0.29) is 6.04 Å². The van der Waals surface area contributed by atoms with Gasteiger partial charge in [0.25, 0.3) is 0 Å². The van der Waals surface area contributed by atoms with Crippen LogP contribution in [0.1, 0.15) is 50.1 Å². The predicted octanol–water partition coefficient (Wildman–Crippen LogP) is 4.72. The number of rotatable bonds is 4. The average molecular weight is 474 g/mol. The summed E-state index contributed by atoms with van der Waals surface area (Å²) in [6.07, 6.45) is 12.2. The minimum Gasteiger partial charge on any atom is -0.493 e. The second-order valence-corrected chi connectivity index (χ2v) is 9.86. The van der Waals surface area contributed by atoms with E-state index in [0.29, 0.717) is 12.6 Å². The Labute approximate surface area is 207 Å². The average Bonchev–Trinajstić information content (AvgIpc) is 3.33. The number of hydrogen-bond acceptors (Lipinski definition) is 6. The molecule has 1 amide bonds. The SMILES string of the molecule is CN(C)c1ccnc2c(N3CCC4CCCCC43)nccc12.O=CN[C@H]1CCOc2ccccc21. The second kappa shape index (κ2) is 10.5. The molecule has 0 spiro atoms. The highest BCUT2D eigenvalue weighted by molar-refractivity contribution is 5.97. The summed E-state index contributed by atoms with van der Waals surface area (Å²) in [5, 5.41) is 3.99. The van der Waals surface area contributed by atoms with E-state index >= 15 is 0 Å². The standard InChI is InChI=1S/C18H24N4.C10H11NO2/c1-21(2)16-8-11-19-17-14(16)7-10-20-18(17)22-12-9-13-5-3-4-6-15(13)22;12-7-11-9-5-6-13-10-4-2-1-3-8(9)10/h7-8,10-11,13,15H,3-6,9,12H2,1-2H3;1-4,7,9H,5-6H2,(H,11,12)/t;9-/m.0/s1. The number of pyridine rings is 2. The third-order valence-corrected chi connectivity index (χ3v) is 7.61. The van der Waals surface area contributed by atoms with Crippen LogP contribution in [0.2, 0.25) is 0 Å². The van der Waals surface area contributed by atoms with Gasteiger partial charge >= 0.3 is 0 Å². The first-order chi connectivity index (χ1) is 17.2. The van der Waals surface area contributed by atoms with Gasteiger partial charge in [0.1, 0.15) is 11.3 Å². The van der Waals surface area contributed by atoms with Crippen molar-refractivity contribution in [3.05, 3.63) is 54.4 Å². The number of aromatic nitrogens is 2. The minimum atomic E-state index is 0.113. The summed E-state index contributed by atoms with van der Waals surface area (Å²) in [6.45, 7) is 1.80. The number of anilines is 2. The van der Waals surface area contributed by atoms with Gasteiger partial charge in [-0.15, -0.1) is 0 Å². The maximum atomic E-state index is 10.3. The third kappa shape index (κ3) is 4.77. The van der Waals surface area contributed by atoms with Gasteiger partial charge in [0.15, 0.2) is 5.82 Å². The first kappa shape index (κ1) is 23.4. The highest BCUT2D eigenvalue weighted by atomic mass is 16.5. The van der Waals surface area contributed by atoms with Crippen LogP contribution in [0, 0.1) is 5.92 Å². The summed E-state index contributed by atoms with van der Waals surface area (Å²) in [5.41, 5.74) is 3.34. The molecule has 3 atom stereocenters. The molecule has 7 heteroatoms. The Morgan fingerprint density at radius 2 is 1.86 bits per heavy atom. The zero-order valence-corrected chi connectivity index (χ0v) is 20.7. The minimum absolute atomic E-state index is 0.113. The first-order valence-electron chi connectivity index (χ1n) is 12.8. The number of benzene rings is 1. The molecule has 2 fully saturated rings. The molecule has 2 aromatic heterocycles. The topological polar surface area (TPSA) is 70.6 Å². The van der Waals surface area contributed by atoms with Crippen molar-refractivity contribution in [3.63, 3.8) is 0 Å². The van der Waals surface area contributed by atoms with Crippen molar-refractivity contribution in [2.45, 2.75) is 50.6 Å². The third-order valence-electron chi connectivity index (χ3n) is 7.61. The van der Waals surface area contributed by atoms with Crippen LogP contribution >= 0.6 is 0 Å². The molecule has 7 nitrogen and oxygen atoms in total. The molecule has 184 valence electrons. The molecule has 0 radical (unpaired) electrons. The van der Waals surface area contributed by atoms with Crippen LogP contribution in [0.3, 0.4) is 0 Å². The fourth-order valence-electron chi connectivity index (χ4n) is 5.92. The van der Waals surface area contributed by atoms with Gasteiger partial charge in [-0.05, 0) is 43.4 Å². The summed E-state index contributed by atoms with van der Waals surface area (Å²) in [7, 11) is 4.17. The molecule has 1 aromatic carbocycles. The van der Waals surface area contributed by atoms with Crippen LogP contribution in [0.4, 0.5) is 11.5 Å². The van der Waals surface area contributed by atoms with Gasteiger partial charge in [-0.1, -0.05) is 31.0 Å². The van der Waals surface area contributed by atoms with Gasteiger partial charge in [0, 0.05) is 62.1 Å². The van der Waals surface area contributed by atoms with Crippen molar-refractivity contribution in [2.24, 2.45) is 5.92 Å². The van der Waals surface area contributed by atoms with Crippen molar-refractivity contribution in [1.82, 2.24) is 15.3 Å². The highest BCUT2D eigenvalue weighted by Gasteiger charge is 2.37. The van der Waals surface area contributed by atoms with Crippen molar-refractivity contribution < 1.29 is 9.53 Å². The number of carbonyl (C=O) groups excluding carboxylic acids is 1. The lowest BCUT2D eigenvalue weighted by molar-refractivity contribution is -0.110. The Balaban J connectivity index is 0.000000166. The van der Waals surface area contributed by atoms with Gasteiger partial charge in [-0.2, -0.15) is 0 Å². The normalized spacial score (nSPS) is 22.8. The lowest BCUT2D eigenvalue weighted by Gasteiger charge is -2.32. The van der Waals surface area contributed by atoms with Crippen LogP contribution in [0.15, 0.2) is 48.8 Å². The second-order valence-electron chi connectivity index (χ2n) is 9.86. The Kier molecular flexibility index (Phi) is 7.02. The van der Waals surface area contributed by atoms with E-state index in [0.717, 1.165) is 47.9 Å². The Bertz CT molecular complexity index is 1170. The number of amides is 1. The monoisotopic (exact) mass is 473 g/mol. The van der Waals surface area contributed by atoms with E-state index in [2.05, 4.69) is 46.3 Å². The maximum absolute atomic E-state index is 10.3. The Morgan fingerprint density at radius 1 is 1.03 bits per heavy atom. The van der Waals surface area contributed by atoms with Gasteiger partial charge < -0.3 is 19.9 Å². The fraction of sp³-hybridized carbons (Fsp3) is 0.464. The van der Waals surface area contributed by atoms with Gasteiger partial charge in [-0.3, -0.25) is 9.78 Å². The van der Waals surface area contributed by atoms with Crippen molar-refractivity contribution in [1.29, 1.82) is 0 Å². The molecule has 1 saturated carbocycles. The molecule has 1 saturated heterocycles. The van der Waals surface area contributed by atoms with E-state index in [4.69, 9.17) is 9.72 Å². The van der Waals surface area contributed by atoms with Gasteiger partial charge in [-0.25, -0.2) is 4.98 Å². The molecule has 1 N–H and O–H groups in total. The van der Waals surface area contributed by atoms with Crippen LogP contribution in [-0.2, 0) is 4.79 Å². The smallest absolute Gasteiger partial charge is 0.207 e. The molecule has 2 aliphatic heterocycles. The highest BCUT2D eigenvalue weighted by Crippen LogP contribution is 2.40. The molecular formula is C28H35N5O2. The Morgan fingerprint density at radius 3 is 2.71 bits per heavy atom. The molecule has 1 aliphatic carbocycles. The quantitative estimate of drug-likeness (QED) is 0.553. The zero-order chi connectivity index (χ0) is 24.2. The summed E-state index contributed by atoms with van der Waals surface area (Å²) in [5.74, 6) is 2.84. The molecular weight excluding hydrogens is 438 g/mol. The molecule has 2 unspecified atom stereocenters. The Hall–Kier alpha value is -3.35. The van der Waals surface area contributed by atoms with Gasteiger partial charge in [0.05, 0.1) is 12.6 Å². The number of fused-ring (bicyclic) bond motifs is 3. The molecule has 3 aromatic rings. The molecule has 3 aliphatic rings. The number of ether oxygens (including phenoxy) is 1. The van der Waals surface area contributed by atoms with Crippen molar-refractivity contribution >= 4 is 28.8 Å². The number of para-hydroxylation sites is 1. The fourth-order valence-corrected chi connectivity index (χ4v) is 5.92. The van der Waals surface area contributed by atoms with Crippen molar-refractivity contribution in [2.75, 3.05) is 37.0 Å². The molecule has 0 bridgehead atoms. The zero-order valence-electron chi connectivity index (χ0n) is 20.7. The maximum Gasteiger partial charge on any atom is 0.207 e. The van der Waals surface area contributed by atoms with E-state index < -0.39 is 0 Å². The number of nitrogens with zero attached hydrogens (tertiary/aromatic N) is 4. The largest absolute Gasteiger partial charge is 0.493 e. The van der Waals surface area contributed by atoms with E-state index in [9.17, 15) is 4.79 Å². The lowest BCUT2D eigenvalue weighted by atomic mass is 9.85. The van der Waals surface area contributed by atoms with Gasteiger partial charge in [0.2, 0.25) is 6.41 Å². The number of nitrogens with one attached hydrogen (secondary N) is 1. The lowest BCUT2D eigenvalue weighted by Crippen LogP contribution is -2.35. The molecule has 6 rings (SSSR count). The predicted molar refractivity (Wildman–Crippen MR) is 140 cm³/mol. The van der Waals surface area contributed by atoms with Crippen LogP contribution < -0.4 is 19.9 Å².